The first-order chi connectivity index (χ1) is 37.4. The van der Waals surface area contributed by atoms with Crippen molar-refractivity contribution >= 4 is 88.8 Å². The standard InChI is InChI=1S/C55H78F2N10O13S/c1-51(2,3)76-46(70)59-23-24-81-42-39(62-41(68)21-16-17-22-58-43(64-47(71)77-52(4,5)6)65-48(72)78-53(7,8)9)27-34(32-57)28-40(42)63-45(69)61-35-19-18-20-37(29-35)75-38-26-33(31-56)25-36(30-38)60-44(66-49(73)79-54(10,11)12)67-50(74)80-55(13,14)15/h18-20,25-30H,16-17,21-24,31-32H2,1-15H3,(H,59,70)(H,62,68)(H2,61,63,69)(H2,58,64,65,71,72)(H2,60,66,67,73,74). The summed E-state index contributed by atoms with van der Waals surface area (Å²) in [5.74, 6) is -0.576. The number of urea groups is 1. The molecule has 0 aromatic heterocycles. The predicted molar refractivity (Wildman–Crippen MR) is 307 cm³/mol. The molecule has 446 valence electrons. The molecule has 0 radical (unpaired) electrons. The molecule has 8 amide bonds. The molecule has 26 heteroatoms. The quantitative estimate of drug-likeness (QED) is 0.0205. The summed E-state index contributed by atoms with van der Waals surface area (Å²) in [5.41, 5.74) is -3.37. The van der Waals surface area contributed by atoms with E-state index in [0.717, 1.165) is 11.8 Å². The van der Waals surface area contributed by atoms with Gasteiger partial charge in [-0.1, -0.05) is 6.07 Å². The summed E-state index contributed by atoms with van der Waals surface area (Å²) < 4.78 is 61.4. The van der Waals surface area contributed by atoms with Crippen LogP contribution in [0.25, 0.3) is 0 Å². The van der Waals surface area contributed by atoms with E-state index in [9.17, 15) is 42.3 Å². The Bertz CT molecular complexity index is 2760. The maximum Gasteiger partial charge on any atom is 0.437 e. The molecular formula is C55H78F2N10O13S. The second kappa shape index (κ2) is 30.1. The number of nitrogens with one attached hydrogen (secondary N) is 8. The number of benzene rings is 3. The van der Waals surface area contributed by atoms with Crippen molar-refractivity contribution in [1.82, 2.24) is 21.3 Å². The number of anilines is 4. The van der Waals surface area contributed by atoms with E-state index in [1.807, 2.05) is 0 Å². The lowest BCUT2D eigenvalue weighted by Gasteiger charge is -2.21. The average Bonchev–Trinajstić information content (AvgIpc) is 3.27. The minimum Gasteiger partial charge on any atom is -0.457 e. The van der Waals surface area contributed by atoms with E-state index in [0.29, 0.717) is 17.7 Å². The minimum absolute atomic E-state index is 0.0316. The number of thioether (sulfide) groups is 1. The third kappa shape index (κ3) is 29.2. The molecule has 81 heavy (non-hydrogen) atoms. The third-order valence-electron chi connectivity index (χ3n) is 9.11. The molecule has 0 bridgehead atoms. The van der Waals surface area contributed by atoms with E-state index in [4.69, 9.17) is 28.4 Å². The molecule has 0 heterocycles. The molecule has 0 atom stereocenters. The highest BCUT2D eigenvalue weighted by atomic mass is 32.2. The molecule has 3 aromatic carbocycles. The van der Waals surface area contributed by atoms with Crippen LogP contribution in [0.15, 0.2) is 69.5 Å². The van der Waals surface area contributed by atoms with Crippen LogP contribution in [-0.2, 0) is 41.8 Å². The van der Waals surface area contributed by atoms with Gasteiger partial charge in [0.05, 0.1) is 16.3 Å². The molecule has 0 fully saturated rings. The zero-order chi connectivity index (χ0) is 60.9. The first-order valence-corrected chi connectivity index (χ1v) is 26.8. The number of carbonyl (C=O) groups is 7. The maximum atomic E-state index is 14.5. The molecule has 0 aliphatic heterocycles. The molecule has 0 aliphatic carbocycles. The lowest BCUT2D eigenvalue weighted by Crippen LogP contribution is -2.44. The number of nitrogens with zero attached hydrogens (tertiary/aromatic N) is 2. The first-order valence-electron chi connectivity index (χ1n) is 25.8. The smallest absolute Gasteiger partial charge is 0.437 e. The summed E-state index contributed by atoms with van der Waals surface area (Å²) in [7, 11) is 0. The highest BCUT2D eigenvalue weighted by Gasteiger charge is 2.24. The van der Waals surface area contributed by atoms with Crippen LogP contribution in [0.1, 0.15) is 134 Å². The van der Waals surface area contributed by atoms with Crippen LogP contribution in [-0.4, -0.2) is 101 Å². The van der Waals surface area contributed by atoms with E-state index in [1.54, 1.807) is 122 Å². The van der Waals surface area contributed by atoms with Crippen LogP contribution >= 0.6 is 11.8 Å². The lowest BCUT2D eigenvalue weighted by atomic mass is 10.1. The van der Waals surface area contributed by atoms with Crippen LogP contribution < -0.4 is 47.3 Å². The Morgan fingerprint density at radius 3 is 1.57 bits per heavy atom. The van der Waals surface area contributed by atoms with Gasteiger partial charge in [-0.25, -0.2) is 37.5 Å². The Labute approximate surface area is 476 Å². The number of hydrogen-bond donors (Lipinski definition) is 8. The van der Waals surface area contributed by atoms with Crippen molar-refractivity contribution in [3.05, 3.63) is 65.7 Å². The number of carbonyl (C=O) groups excluding carboxylic acids is 7. The normalized spacial score (nSPS) is 12.2. The van der Waals surface area contributed by atoms with Gasteiger partial charge in [-0.3, -0.25) is 15.4 Å². The molecule has 0 unspecified atom stereocenters. The van der Waals surface area contributed by atoms with E-state index < -0.39 is 83.8 Å². The fourth-order valence-electron chi connectivity index (χ4n) is 6.37. The van der Waals surface area contributed by atoms with E-state index in [-0.39, 0.29) is 82.6 Å². The number of amides is 8. The Morgan fingerprint density at radius 1 is 0.506 bits per heavy atom. The van der Waals surface area contributed by atoms with Gasteiger partial charge in [0.2, 0.25) is 17.8 Å². The summed E-state index contributed by atoms with van der Waals surface area (Å²) in [5, 5.41) is 21.4. The number of guanidine groups is 2. The van der Waals surface area contributed by atoms with Gasteiger partial charge in [-0.05, 0) is 164 Å². The molecule has 0 saturated heterocycles. The van der Waals surface area contributed by atoms with Gasteiger partial charge in [-0.15, -0.1) is 21.7 Å². The Kier molecular flexibility index (Phi) is 25.0. The zero-order valence-electron chi connectivity index (χ0n) is 48.7. The van der Waals surface area contributed by atoms with Crippen molar-refractivity contribution in [2.45, 2.75) is 169 Å². The Morgan fingerprint density at radius 2 is 1.01 bits per heavy atom. The van der Waals surface area contributed by atoms with Gasteiger partial charge in [0.1, 0.15) is 52.9 Å². The van der Waals surface area contributed by atoms with Crippen molar-refractivity contribution in [3.63, 3.8) is 0 Å². The van der Waals surface area contributed by atoms with E-state index in [1.165, 1.54) is 36.4 Å². The lowest BCUT2D eigenvalue weighted by molar-refractivity contribution is -0.116. The number of aliphatic imine (C=N–C) groups is 2. The Hall–Kier alpha value is -7.90. The van der Waals surface area contributed by atoms with Crippen LogP contribution in [0.4, 0.5) is 60.3 Å². The number of ether oxygens (including phenoxy) is 6. The van der Waals surface area contributed by atoms with Gasteiger partial charge in [0, 0.05) is 48.8 Å². The van der Waals surface area contributed by atoms with Crippen molar-refractivity contribution in [3.8, 4) is 11.5 Å². The van der Waals surface area contributed by atoms with E-state index in [2.05, 4.69) is 52.5 Å². The predicted octanol–water partition coefficient (Wildman–Crippen LogP) is 12.4. The van der Waals surface area contributed by atoms with E-state index >= 15 is 0 Å². The second-order valence-electron chi connectivity index (χ2n) is 22.8. The van der Waals surface area contributed by atoms with Crippen LogP contribution in [0.2, 0.25) is 0 Å². The first kappa shape index (κ1) is 67.4. The van der Waals surface area contributed by atoms with Crippen molar-refractivity contribution in [1.29, 1.82) is 0 Å². The van der Waals surface area contributed by atoms with Crippen LogP contribution in [0.5, 0.6) is 11.5 Å². The Balaban J connectivity index is 1.85. The number of rotatable bonds is 17. The fraction of sp³-hybridized carbons (Fsp3) is 0.509. The highest BCUT2D eigenvalue weighted by Crippen LogP contribution is 2.37. The molecule has 0 spiro atoms. The molecule has 0 aliphatic rings. The number of halogens is 2. The second-order valence-corrected chi connectivity index (χ2v) is 23.9. The number of alkyl carbamates (subject to hydrolysis) is 3. The summed E-state index contributed by atoms with van der Waals surface area (Å²) in [6, 6.07) is 12.5. The molecule has 3 aromatic rings. The molecule has 8 N–H and O–H groups in total. The van der Waals surface area contributed by atoms with Crippen molar-refractivity contribution in [2.75, 3.05) is 40.1 Å². The largest absolute Gasteiger partial charge is 0.457 e. The summed E-state index contributed by atoms with van der Waals surface area (Å²) in [6.45, 7) is 23.3. The molecule has 23 nitrogen and oxygen atoms in total. The fourth-order valence-corrected chi connectivity index (χ4v) is 7.31. The van der Waals surface area contributed by atoms with Gasteiger partial charge < -0.3 is 60.3 Å². The monoisotopic (exact) mass is 1160 g/mol. The number of alkyl halides is 2. The van der Waals surface area contributed by atoms with Gasteiger partial charge >= 0.3 is 36.5 Å². The van der Waals surface area contributed by atoms with Gasteiger partial charge in [-0.2, -0.15) is 0 Å². The molecular weight excluding hydrogens is 1080 g/mol. The van der Waals surface area contributed by atoms with Gasteiger partial charge in [0.25, 0.3) is 0 Å². The topological polar surface area (TPSA) is 296 Å². The summed E-state index contributed by atoms with van der Waals surface area (Å²) in [4.78, 5) is 98.2. The highest BCUT2D eigenvalue weighted by molar-refractivity contribution is 7.99. The van der Waals surface area contributed by atoms with Gasteiger partial charge in [0.15, 0.2) is 0 Å². The number of unbranched alkanes of at least 4 members (excludes halogenated alkanes) is 1. The summed E-state index contributed by atoms with van der Waals surface area (Å²) in [6.07, 6.45) is -3.85. The van der Waals surface area contributed by atoms with Crippen molar-refractivity contribution < 1.29 is 70.8 Å². The number of hydrogen-bond acceptors (Lipinski definition) is 14. The maximum absolute atomic E-state index is 14.5. The van der Waals surface area contributed by atoms with Crippen molar-refractivity contribution in [2.24, 2.45) is 9.98 Å². The average molecular weight is 1160 g/mol. The van der Waals surface area contributed by atoms with Crippen LogP contribution in [0.3, 0.4) is 0 Å². The minimum atomic E-state index is -1.04. The zero-order valence-corrected chi connectivity index (χ0v) is 49.5. The third-order valence-corrected chi connectivity index (χ3v) is 10.2. The molecule has 3 rings (SSSR count). The summed E-state index contributed by atoms with van der Waals surface area (Å²) >= 11 is 1.15. The SMILES string of the molecule is CC(C)(C)OC(=O)N=C(NCCCCC(=O)Nc1cc(CF)cc(NC(=O)Nc2cccc(Oc3cc(CF)cc(NC(=NC(=O)OC(C)(C)C)NC(=O)OC(C)(C)C)c3)c2)c1SCCNC(=O)OC(C)(C)C)NC(=O)OC(C)(C)C. The van der Waals surface area contributed by atoms with Crippen LogP contribution in [0, 0.1) is 0 Å². The molecule has 0 saturated carbocycles.